The zero-order chi connectivity index (χ0) is 14.7. The minimum atomic E-state index is -0.392. The highest BCUT2D eigenvalue weighted by Gasteiger charge is 2.14. The highest BCUT2D eigenvalue weighted by Crippen LogP contribution is 2.19. The van der Waals surface area contributed by atoms with E-state index in [-0.39, 0.29) is 18.2 Å². The lowest BCUT2D eigenvalue weighted by Gasteiger charge is -2.07. The summed E-state index contributed by atoms with van der Waals surface area (Å²) in [6, 6.07) is 7.02. The molecule has 0 aliphatic carbocycles. The van der Waals surface area contributed by atoms with Gasteiger partial charge in [0.2, 0.25) is 0 Å². The Bertz CT molecular complexity index is 673. The maximum absolute atomic E-state index is 11.9. The molecule has 106 valence electrons. The van der Waals surface area contributed by atoms with Crippen molar-refractivity contribution in [1.82, 2.24) is 14.8 Å². The van der Waals surface area contributed by atoms with Crippen LogP contribution < -0.4 is 5.69 Å². The van der Waals surface area contributed by atoms with Crippen LogP contribution in [0.1, 0.15) is 20.3 Å². The maximum Gasteiger partial charge on any atom is 0.343 e. The number of H-pyrrole nitrogens is 1. The number of rotatable bonds is 5. The van der Waals surface area contributed by atoms with Gasteiger partial charge in [-0.3, -0.25) is 9.36 Å². The molecule has 2 rings (SSSR count). The van der Waals surface area contributed by atoms with Gasteiger partial charge in [0.05, 0.1) is 6.54 Å². The fourth-order valence-corrected chi connectivity index (χ4v) is 2.20. The first-order valence-electron chi connectivity index (χ1n) is 6.40. The van der Waals surface area contributed by atoms with Crippen molar-refractivity contribution in [1.29, 1.82) is 0 Å². The molecule has 0 aliphatic heterocycles. The predicted octanol–water partition coefficient (Wildman–Crippen LogP) is 2.51. The smallest absolute Gasteiger partial charge is 0.298 e. The van der Waals surface area contributed by atoms with Crippen LogP contribution in [0.4, 0.5) is 0 Å². The molecule has 20 heavy (non-hydrogen) atoms. The number of aromatic amines is 1. The second-order valence-electron chi connectivity index (χ2n) is 5.09. The third-order valence-electron chi connectivity index (χ3n) is 2.81. The summed E-state index contributed by atoms with van der Waals surface area (Å²) in [6.45, 7) is 3.96. The Kier molecular flexibility index (Phi) is 4.39. The van der Waals surface area contributed by atoms with Crippen LogP contribution in [0.25, 0.3) is 11.4 Å². The van der Waals surface area contributed by atoms with Gasteiger partial charge in [-0.25, -0.2) is 9.89 Å². The molecule has 0 aliphatic rings. The molecule has 1 N–H and O–H groups in total. The molecular weight excluding hydrogens is 278 g/mol. The van der Waals surface area contributed by atoms with E-state index in [0.717, 1.165) is 0 Å². The number of carbonyl (C=O) groups is 1. The van der Waals surface area contributed by atoms with Crippen LogP contribution in [-0.2, 0) is 11.3 Å². The topological polar surface area (TPSA) is 67.8 Å². The lowest BCUT2D eigenvalue weighted by Crippen LogP contribution is -2.23. The van der Waals surface area contributed by atoms with Crippen LogP contribution in [0.2, 0.25) is 5.02 Å². The van der Waals surface area contributed by atoms with Crippen molar-refractivity contribution in [2.75, 3.05) is 0 Å². The van der Waals surface area contributed by atoms with Crippen molar-refractivity contribution in [3.63, 3.8) is 0 Å². The van der Waals surface area contributed by atoms with Crippen LogP contribution in [0, 0.1) is 5.92 Å². The first-order chi connectivity index (χ1) is 9.47. The molecule has 0 amide bonds. The zero-order valence-electron chi connectivity index (χ0n) is 11.4. The Morgan fingerprint density at radius 1 is 1.45 bits per heavy atom. The summed E-state index contributed by atoms with van der Waals surface area (Å²) in [4.78, 5) is 23.7. The monoisotopic (exact) mass is 293 g/mol. The van der Waals surface area contributed by atoms with Crippen LogP contribution in [0.3, 0.4) is 0 Å². The van der Waals surface area contributed by atoms with Crippen molar-refractivity contribution < 1.29 is 4.79 Å². The molecule has 5 nitrogen and oxygen atoms in total. The van der Waals surface area contributed by atoms with E-state index in [4.69, 9.17) is 11.6 Å². The summed E-state index contributed by atoms with van der Waals surface area (Å²) in [7, 11) is 0. The molecule has 0 saturated carbocycles. The largest absolute Gasteiger partial charge is 0.343 e. The van der Waals surface area contributed by atoms with Gasteiger partial charge in [0.1, 0.15) is 0 Å². The van der Waals surface area contributed by atoms with E-state index in [1.807, 2.05) is 13.8 Å². The minimum absolute atomic E-state index is 0.00628. The van der Waals surface area contributed by atoms with Crippen molar-refractivity contribution in [3.8, 4) is 11.4 Å². The Hall–Kier alpha value is -1.88. The van der Waals surface area contributed by atoms with E-state index in [9.17, 15) is 9.59 Å². The average molecular weight is 294 g/mol. The molecule has 1 aromatic heterocycles. The zero-order valence-corrected chi connectivity index (χ0v) is 12.1. The van der Waals surface area contributed by atoms with Gasteiger partial charge in [-0.1, -0.05) is 37.6 Å². The molecule has 0 atom stereocenters. The van der Waals surface area contributed by atoms with Crippen LogP contribution >= 0.6 is 11.6 Å². The summed E-state index contributed by atoms with van der Waals surface area (Å²) in [5.74, 6) is 0.695. The molecule has 0 bridgehead atoms. The van der Waals surface area contributed by atoms with E-state index in [1.165, 1.54) is 4.57 Å². The van der Waals surface area contributed by atoms with Gasteiger partial charge >= 0.3 is 5.69 Å². The molecule has 0 fully saturated rings. The number of halogens is 1. The highest BCUT2D eigenvalue weighted by molar-refractivity contribution is 6.30. The fourth-order valence-electron chi connectivity index (χ4n) is 2.01. The third kappa shape index (κ3) is 3.36. The standard InChI is InChI=1S/C14H16ClN3O2/c1-9(2)6-12(19)8-18-13(16-17-14(18)20)10-4-3-5-11(15)7-10/h3-5,7,9H,6,8H2,1-2H3,(H,17,20). The third-order valence-corrected chi connectivity index (χ3v) is 3.05. The number of hydrogen-bond donors (Lipinski definition) is 1. The average Bonchev–Trinajstić information content (AvgIpc) is 2.70. The molecule has 6 heteroatoms. The van der Waals surface area contributed by atoms with Crippen molar-refractivity contribution >= 4 is 17.4 Å². The number of aromatic nitrogens is 3. The van der Waals surface area contributed by atoms with Crippen LogP contribution in [0.5, 0.6) is 0 Å². The molecular formula is C14H16ClN3O2. The van der Waals surface area contributed by atoms with Crippen molar-refractivity contribution in [3.05, 3.63) is 39.8 Å². The summed E-state index contributed by atoms with van der Waals surface area (Å²) in [6.07, 6.45) is 0.437. The number of Topliss-reactive ketones (excluding diaryl/α,β-unsaturated/α-hetero) is 1. The van der Waals surface area contributed by atoms with Crippen molar-refractivity contribution in [2.45, 2.75) is 26.8 Å². The van der Waals surface area contributed by atoms with Gasteiger partial charge in [0.25, 0.3) is 0 Å². The van der Waals surface area contributed by atoms with E-state index >= 15 is 0 Å². The molecule has 2 aromatic rings. The number of nitrogens with zero attached hydrogens (tertiary/aromatic N) is 2. The lowest BCUT2D eigenvalue weighted by molar-refractivity contribution is -0.120. The van der Waals surface area contributed by atoms with E-state index in [0.29, 0.717) is 22.8 Å². The van der Waals surface area contributed by atoms with Gasteiger partial charge in [-0.15, -0.1) is 0 Å². The number of hydrogen-bond acceptors (Lipinski definition) is 3. The van der Waals surface area contributed by atoms with Crippen LogP contribution in [-0.4, -0.2) is 20.5 Å². The second-order valence-corrected chi connectivity index (χ2v) is 5.52. The van der Waals surface area contributed by atoms with Gasteiger partial charge in [0.15, 0.2) is 11.6 Å². The molecule has 0 radical (unpaired) electrons. The number of benzene rings is 1. The van der Waals surface area contributed by atoms with Gasteiger partial charge in [-0.2, -0.15) is 5.10 Å². The van der Waals surface area contributed by atoms with E-state index in [1.54, 1.807) is 24.3 Å². The Morgan fingerprint density at radius 3 is 2.85 bits per heavy atom. The predicted molar refractivity (Wildman–Crippen MR) is 77.8 cm³/mol. The van der Waals surface area contributed by atoms with Crippen molar-refractivity contribution in [2.24, 2.45) is 5.92 Å². The van der Waals surface area contributed by atoms with Gasteiger partial charge in [-0.05, 0) is 18.1 Å². The molecule has 1 heterocycles. The van der Waals surface area contributed by atoms with E-state index < -0.39 is 5.69 Å². The minimum Gasteiger partial charge on any atom is -0.298 e. The quantitative estimate of drug-likeness (QED) is 0.921. The number of ketones is 1. The SMILES string of the molecule is CC(C)CC(=O)Cn1c(-c2cccc(Cl)c2)n[nH]c1=O. The maximum atomic E-state index is 11.9. The normalized spacial score (nSPS) is 11.0. The second kappa shape index (κ2) is 6.05. The Morgan fingerprint density at radius 2 is 2.20 bits per heavy atom. The fraction of sp³-hybridized carbons (Fsp3) is 0.357. The summed E-state index contributed by atoms with van der Waals surface area (Å²) >= 11 is 5.94. The molecule has 0 saturated heterocycles. The number of carbonyl (C=O) groups excluding carboxylic acids is 1. The molecule has 1 aromatic carbocycles. The van der Waals surface area contributed by atoms with Gasteiger partial charge in [0, 0.05) is 17.0 Å². The highest BCUT2D eigenvalue weighted by atomic mass is 35.5. The summed E-state index contributed by atoms with van der Waals surface area (Å²) < 4.78 is 1.34. The van der Waals surface area contributed by atoms with Gasteiger partial charge < -0.3 is 0 Å². The Labute approximate surface area is 121 Å². The van der Waals surface area contributed by atoms with Crippen LogP contribution in [0.15, 0.2) is 29.1 Å². The Balaban J connectivity index is 2.33. The first kappa shape index (κ1) is 14.5. The summed E-state index contributed by atoms with van der Waals surface area (Å²) in [5, 5.41) is 6.90. The van der Waals surface area contributed by atoms with E-state index in [2.05, 4.69) is 10.2 Å². The molecule has 0 spiro atoms. The number of nitrogens with one attached hydrogen (secondary N) is 1. The summed E-state index contributed by atoms with van der Waals surface area (Å²) in [5.41, 5.74) is 0.310. The lowest BCUT2D eigenvalue weighted by atomic mass is 10.1. The molecule has 0 unspecified atom stereocenters. The first-order valence-corrected chi connectivity index (χ1v) is 6.78.